The Morgan fingerprint density at radius 2 is 1.84 bits per heavy atom. The molecule has 1 amide bonds. The zero-order valence-electron chi connectivity index (χ0n) is 26.0. The molecule has 3 aliphatic carbocycles. The largest absolute Gasteiger partial charge is 0.434 e. The van der Waals surface area contributed by atoms with Crippen LogP contribution in [0.25, 0.3) is 11.1 Å². The van der Waals surface area contributed by atoms with Crippen molar-refractivity contribution >= 4 is 11.7 Å². The van der Waals surface area contributed by atoms with Gasteiger partial charge in [-0.05, 0) is 86.5 Å². The molecule has 0 radical (unpaired) electrons. The average Bonchev–Trinajstić information content (AvgIpc) is 3.94. The minimum Gasteiger partial charge on any atom is -0.434 e. The van der Waals surface area contributed by atoms with Crippen LogP contribution in [0.4, 0.5) is 10.2 Å². The lowest BCUT2D eigenvalue weighted by Crippen LogP contribution is -2.65. The lowest BCUT2D eigenvalue weighted by atomic mass is 9.68. The van der Waals surface area contributed by atoms with Gasteiger partial charge in [0, 0.05) is 60.7 Å². The number of anilines is 1. The topological polar surface area (TPSA) is 109 Å². The summed E-state index contributed by atoms with van der Waals surface area (Å²) in [7, 11) is 0. The van der Waals surface area contributed by atoms with Gasteiger partial charge in [0.15, 0.2) is 5.82 Å². The Bertz CT molecular complexity index is 1580. The Morgan fingerprint density at radius 3 is 2.60 bits per heavy atom. The van der Waals surface area contributed by atoms with Crippen molar-refractivity contribution in [3.8, 4) is 22.8 Å². The fourth-order valence-electron chi connectivity index (χ4n) is 8.11. The molecule has 236 valence electrons. The minimum absolute atomic E-state index is 0.210. The van der Waals surface area contributed by atoms with Gasteiger partial charge in [0.05, 0.1) is 12.4 Å². The fraction of sp³-hybridized carbons (Fsp3) is 0.588. The van der Waals surface area contributed by atoms with Crippen LogP contribution >= 0.6 is 0 Å². The third kappa shape index (κ3) is 5.64. The van der Waals surface area contributed by atoms with Crippen molar-refractivity contribution in [1.82, 2.24) is 35.6 Å². The van der Waals surface area contributed by atoms with E-state index in [1.807, 2.05) is 0 Å². The average molecular weight is 613 g/mol. The van der Waals surface area contributed by atoms with Gasteiger partial charge in [-0.1, -0.05) is 13.8 Å². The number of amides is 1. The molecule has 1 aromatic carbocycles. The summed E-state index contributed by atoms with van der Waals surface area (Å²) >= 11 is 0. The number of hydrogen-bond acceptors (Lipinski definition) is 9. The maximum atomic E-state index is 14.5. The van der Waals surface area contributed by atoms with Crippen molar-refractivity contribution < 1.29 is 13.9 Å². The van der Waals surface area contributed by atoms with Crippen molar-refractivity contribution in [3.05, 3.63) is 48.3 Å². The lowest BCUT2D eigenvalue weighted by Gasteiger charge is -2.57. The number of carbonyl (C=O) groups is 1. The molecule has 8 rings (SSSR count). The molecular formula is C34H41FN8O2. The van der Waals surface area contributed by atoms with Crippen molar-refractivity contribution in [2.45, 2.75) is 76.8 Å². The number of halogens is 1. The number of benzene rings is 1. The number of nitrogens with one attached hydrogen (secondary N) is 1. The summed E-state index contributed by atoms with van der Waals surface area (Å²) < 4.78 is 20.9. The molecule has 0 bridgehead atoms. The molecule has 2 saturated heterocycles. The first-order chi connectivity index (χ1) is 21.9. The van der Waals surface area contributed by atoms with Crippen LogP contribution in [0.15, 0.2) is 36.9 Å². The lowest BCUT2D eigenvalue weighted by molar-refractivity contribution is -0.124. The molecule has 11 heteroatoms. The highest BCUT2D eigenvalue weighted by Crippen LogP contribution is 2.49. The predicted molar refractivity (Wildman–Crippen MR) is 166 cm³/mol. The van der Waals surface area contributed by atoms with E-state index in [4.69, 9.17) is 4.74 Å². The Morgan fingerprint density at radius 1 is 1.04 bits per heavy atom. The number of rotatable bonds is 10. The smallest absolute Gasteiger partial charge is 0.282 e. The van der Waals surface area contributed by atoms with Crippen LogP contribution in [0.3, 0.4) is 0 Å². The van der Waals surface area contributed by atoms with Crippen LogP contribution in [-0.4, -0.2) is 74.4 Å². The molecule has 5 aliphatic rings. The highest BCUT2D eigenvalue weighted by molar-refractivity contribution is 5.81. The second-order valence-corrected chi connectivity index (χ2v) is 14.5. The van der Waals surface area contributed by atoms with E-state index in [1.165, 1.54) is 18.5 Å². The summed E-state index contributed by atoms with van der Waals surface area (Å²) in [4.78, 5) is 21.8. The van der Waals surface area contributed by atoms with E-state index in [2.05, 4.69) is 54.3 Å². The second kappa shape index (κ2) is 11.3. The molecule has 3 saturated carbocycles. The molecule has 5 fully saturated rings. The van der Waals surface area contributed by atoms with Gasteiger partial charge in [0.2, 0.25) is 5.91 Å². The maximum absolute atomic E-state index is 14.5. The van der Waals surface area contributed by atoms with Crippen LogP contribution in [0.1, 0.15) is 70.3 Å². The molecule has 1 atom stereocenters. The molecule has 1 spiro atoms. The minimum atomic E-state index is -0.343. The Labute approximate surface area is 263 Å². The van der Waals surface area contributed by atoms with Gasteiger partial charge in [-0.25, -0.2) is 9.37 Å². The summed E-state index contributed by atoms with van der Waals surface area (Å²) in [5.41, 5.74) is 2.73. The van der Waals surface area contributed by atoms with Gasteiger partial charge in [0.1, 0.15) is 17.9 Å². The van der Waals surface area contributed by atoms with Crippen LogP contribution in [-0.2, 0) is 4.79 Å². The zero-order chi connectivity index (χ0) is 30.7. The predicted octanol–water partition coefficient (Wildman–Crippen LogP) is 4.98. The van der Waals surface area contributed by atoms with Crippen molar-refractivity contribution in [1.29, 1.82) is 0 Å². The van der Waals surface area contributed by atoms with Crippen molar-refractivity contribution in [2.75, 3.05) is 31.1 Å². The second-order valence-electron chi connectivity index (χ2n) is 14.5. The summed E-state index contributed by atoms with van der Waals surface area (Å²) in [6.45, 7) is 8.55. The fourth-order valence-corrected chi connectivity index (χ4v) is 8.11. The molecule has 10 nitrogen and oxygen atoms in total. The van der Waals surface area contributed by atoms with E-state index in [1.54, 1.807) is 18.5 Å². The molecule has 2 aromatic heterocycles. The Balaban J connectivity index is 0.948. The van der Waals surface area contributed by atoms with Crippen LogP contribution in [0.2, 0.25) is 0 Å². The van der Waals surface area contributed by atoms with E-state index in [0.29, 0.717) is 52.8 Å². The van der Waals surface area contributed by atoms with Crippen LogP contribution in [0, 0.1) is 29.0 Å². The van der Waals surface area contributed by atoms with Gasteiger partial charge in [0.25, 0.3) is 5.88 Å². The third-order valence-corrected chi connectivity index (χ3v) is 10.7. The van der Waals surface area contributed by atoms with E-state index < -0.39 is 0 Å². The Kier molecular flexibility index (Phi) is 7.19. The molecule has 2 aliphatic heterocycles. The number of ether oxygens (including phenoxy) is 1. The number of nitrogens with zero attached hydrogens (tertiary/aromatic N) is 7. The van der Waals surface area contributed by atoms with Gasteiger partial charge in [-0.15, -0.1) is 10.2 Å². The normalized spacial score (nSPS) is 24.8. The summed E-state index contributed by atoms with van der Waals surface area (Å²) in [6, 6.07) is 5.42. The summed E-state index contributed by atoms with van der Waals surface area (Å²) in [5, 5.41) is 19.9. The zero-order valence-corrected chi connectivity index (χ0v) is 26.0. The number of likely N-dealkylation sites (tertiary alicyclic amines) is 1. The van der Waals surface area contributed by atoms with Gasteiger partial charge in [-0.2, -0.15) is 10.2 Å². The highest BCUT2D eigenvalue weighted by Gasteiger charge is 2.53. The molecule has 0 unspecified atom stereocenters. The first-order valence-electron chi connectivity index (χ1n) is 16.6. The molecule has 45 heavy (non-hydrogen) atoms. The van der Waals surface area contributed by atoms with Crippen molar-refractivity contribution in [3.63, 3.8) is 0 Å². The first kappa shape index (κ1) is 28.7. The van der Waals surface area contributed by atoms with Gasteiger partial charge < -0.3 is 15.0 Å². The van der Waals surface area contributed by atoms with E-state index in [9.17, 15) is 9.18 Å². The highest BCUT2D eigenvalue weighted by atomic mass is 19.1. The van der Waals surface area contributed by atoms with Crippen LogP contribution < -0.4 is 15.0 Å². The SMILES string of the molecule is CC(C)[C@H](C1CC(NC(=O)C2CC2)C1)N1CC2(CCN(c3ncnnc3Oc3ccc(F)cc3-c3cnncc3C3CC3)C2)C1. The van der Waals surface area contributed by atoms with E-state index in [-0.39, 0.29) is 23.1 Å². The van der Waals surface area contributed by atoms with Crippen molar-refractivity contribution in [2.24, 2.45) is 23.2 Å². The number of aromatic nitrogens is 5. The maximum Gasteiger partial charge on any atom is 0.282 e. The molecule has 3 aromatic rings. The quantitative estimate of drug-likeness (QED) is 0.339. The van der Waals surface area contributed by atoms with E-state index in [0.717, 1.165) is 82.3 Å². The Hall–Kier alpha value is -3.73. The molecular weight excluding hydrogens is 571 g/mol. The summed E-state index contributed by atoms with van der Waals surface area (Å²) in [6.07, 6.45) is 12.5. The molecule has 1 N–H and O–H groups in total. The molecule has 4 heterocycles. The monoisotopic (exact) mass is 612 g/mol. The first-order valence-corrected chi connectivity index (χ1v) is 16.6. The number of hydrogen-bond donors (Lipinski definition) is 1. The standard InChI is InChI=1S/C34H41FN8O2/c1-20(2)30(23-11-25(12-23)40-32(44)22-5-6-22)43-17-34(18-43)9-10-42(16-34)31-33(41-39-19-36-31)45-29-8-7-24(35)13-26(29)28-15-38-37-14-27(28)21-3-4-21/h7-8,13-15,19-23,25,30H,3-6,9-12,16-18H2,1-2H3,(H,40,44)/t23?,25?,30-/m1/s1. The van der Waals surface area contributed by atoms with Gasteiger partial charge in [-0.3, -0.25) is 9.69 Å². The third-order valence-electron chi connectivity index (χ3n) is 10.7. The number of carbonyl (C=O) groups excluding carboxylic acids is 1. The summed E-state index contributed by atoms with van der Waals surface area (Å²) in [5.74, 6) is 3.30. The van der Waals surface area contributed by atoms with Crippen LogP contribution in [0.5, 0.6) is 11.6 Å². The van der Waals surface area contributed by atoms with E-state index >= 15 is 0 Å². The van der Waals surface area contributed by atoms with Gasteiger partial charge >= 0.3 is 0 Å².